The van der Waals surface area contributed by atoms with Gasteiger partial charge in [0, 0.05) is 29.6 Å². The summed E-state index contributed by atoms with van der Waals surface area (Å²) in [7, 11) is 0. The van der Waals surface area contributed by atoms with Gasteiger partial charge in [0.15, 0.2) is 0 Å². The van der Waals surface area contributed by atoms with Gasteiger partial charge in [-0.3, -0.25) is 4.79 Å². The zero-order valence-corrected chi connectivity index (χ0v) is 12.7. The molecule has 1 aliphatic heterocycles. The summed E-state index contributed by atoms with van der Waals surface area (Å²) in [6.07, 6.45) is 1.56. The number of nitrogens with zero attached hydrogens (tertiary/aromatic N) is 1. The maximum absolute atomic E-state index is 12.2. The maximum atomic E-state index is 12.2. The second-order valence-electron chi connectivity index (χ2n) is 5.20. The average molecular weight is 288 g/mol. The van der Waals surface area contributed by atoms with Gasteiger partial charge >= 0.3 is 12.0 Å². The number of aliphatic carboxylic acids is 1. The number of carboxylic acid groups (broad SMARTS) is 1. The lowest BCUT2D eigenvalue weighted by atomic mass is 10.1. The first-order valence-corrected chi connectivity index (χ1v) is 7.79. The Labute approximate surface area is 119 Å². The van der Waals surface area contributed by atoms with Crippen LogP contribution in [-0.4, -0.2) is 51.6 Å². The molecular formula is C13H24N2O3S. The first kappa shape index (κ1) is 16.1. The fraction of sp³-hybridized carbons (Fsp3) is 0.846. The van der Waals surface area contributed by atoms with E-state index in [4.69, 9.17) is 5.11 Å². The van der Waals surface area contributed by atoms with Gasteiger partial charge in [-0.1, -0.05) is 27.2 Å². The Morgan fingerprint density at radius 3 is 2.42 bits per heavy atom. The molecule has 2 N–H and O–H groups in total. The lowest BCUT2D eigenvalue weighted by Gasteiger charge is -2.35. The van der Waals surface area contributed by atoms with Crippen LogP contribution >= 0.6 is 11.8 Å². The van der Waals surface area contributed by atoms with Crippen molar-refractivity contribution in [1.82, 2.24) is 10.2 Å². The molecule has 1 rings (SSSR count). The smallest absolute Gasteiger partial charge is 0.317 e. The molecule has 6 heteroatoms. The van der Waals surface area contributed by atoms with Crippen LogP contribution in [0.4, 0.5) is 4.79 Å². The molecule has 3 atom stereocenters. The molecule has 1 fully saturated rings. The number of rotatable bonds is 5. The molecule has 0 aliphatic carbocycles. The molecule has 3 unspecified atom stereocenters. The summed E-state index contributed by atoms with van der Waals surface area (Å²) in [4.78, 5) is 24.7. The Morgan fingerprint density at radius 2 is 1.95 bits per heavy atom. The first-order chi connectivity index (χ1) is 8.92. The molecule has 0 spiro atoms. The minimum Gasteiger partial charge on any atom is -0.481 e. The lowest BCUT2D eigenvalue weighted by Crippen LogP contribution is -2.51. The highest BCUT2D eigenvalue weighted by molar-refractivity contribution is 8.00. The van der Waals surface area contributed by atoms with E-state index in [2.05, 4.69) is 19.2 Å². The van der Waals surface area contributed by atoms with Gasteiger partial charge in [0.25, 0.3) is 0 Å². The molecular weight excluding hydrogens is 264 g/mol. The highest BCUT2D eigenvalue weighted by Gasteiger charge is 2.27. The van der Waals surface area contributed by atoms with Gasteiger partial charge in [-0.2, -0.15) is 11.8 Å². The maximum Gasteiger partial charge on any atom is 0.317 e. The third-order valence-electron chi connectivity index (χ3n) is 3.09. The molecule has 0 saturated carbocycles. The van der Waals surface area contributed by atoms with Gasteiger partial charge in [0.2, 0.25) is 0 Å². The van der Waals surface area contributed by atoms with E-state index in [0.29, 0.717) is 16.9 Å². The molecule has 1 heterocycles. The summed E-state index contributed by atoms with van der Waals surface area (Å²) in [5.74, 6) is -0.866. The van der Waals surface area contributed by atoms with Crippen LogP contribution in [-0.2, 0) is 4.79 Å². The van der Waals surface area contributed by atoms with E-state index in [1.54, 1.807) is 4.90 Å². The number of hydrogen-bond donors (Lipinski definition) is 2. The zero-order chi connectivity index (χ0) is 14.4. The Balaban J connectivity index is 2.52. The summed E-state index contributed by atoms with van der Waals surface area (Å²) >= 11 is 1.89. The SMILES string of the molecule is CCCC(CC(=O)O)NC(=O)N1CC(C)SC(C)C1. The molecule has 5 nitrogen and oxygen atoms in total. The fourth-order valence-corrected chi connectivity index (χ4v) is 3.72. The number of nitrogens with one attached hydrogen (secondary N) is 1. The van der Waals surface area contributed by atoms with Crippen LogP contribution in [0.3, 0.4) is 0 Å². The van der Waals surface area contributed by atoms with E-state index in [-0.39, 0.29) is 18.5 Å². The summed E-state index contributed by atoms with van der Waals surface area (Å²) in [6, 6.07) is -0.395. The second kappa shape index (κ2) is 7.62. The minimum atomic E-state index is -0.866. The number of amides is 2. The van der Waals surface area contributed by atoms with E-state index in [1.165, 1.54) is 0 Å². The standard InChI is InChI=1S/C13H24N2O3S/c1-4-5-11(6-12(16)17)14-13(18)15-7-9(2)19-10(3)8-15/h9-11H,4-8H2,1-3H3,(H,14,18)(H,16,17). The van der Waals surface area contributed by atoms with E-state index in [9.17, 15) is 9.59 Å². The third kappa shape index (κ3) is 5.72. The molecule has 0 aromatic rings. The highest BCUT2D eigenvalue weighted by Crippen LogP contribution is 2.24. The van der Waals surface area contributed by atoms with Crippen LogP contribution in [0.1, 0.15) is 40.0 Å². The normalized spacial score (nSPS) is 24.9. The Kier molecular flexibility index (Phi) is 6.48. The van der Waals surface area contributed by atoms with Crippen molar-refractivity contribution >= 4 is 23.8 Å². The van der Waals surface area contributed by atoms with Crippen molar-refractivity contribution in [2.24, 2.45) is 0 Å². The molecule has 0 aromatic carbocycles. The molecule has 19 heavy (non-hydrogen) atoms. The summed E-state index contributed by atoms with van der Waals surface area (Å²) in [5, 5.41) is 12.6. The molecule has 0 bridgehead atoms. The van der Waals surface area contributed by atoms with E-state index < -0.39 is 5.97 Å². The zero-order valence-electron chi connectivity index (χ0n) is 11.9. The quantitative estimate of drug-likeness (QED) is 0.813. The van der Waals surface area contributed by atoms with Gasteiger partial charge in [0.1, 0.15) is 0 Å². The summed E-state index contributed by atoms with van der Waals surface area (Å²) < 4.78 is 0. The number of thioether (sulfide) groups is 1. The molecule has 0 aromatic heterocycles. The van der Waals surface area contributed by atoms with Gasteiger partial charge in [-0.15, -0.1) is 0 Å². The lowest BCUT2D eigenvalue weighted by molar-refractivity contribution is -0.137. The topological polar surface area (TPSA) is 69.6 Å². The molecule has 110 valence electrons. The van der Waals surface area contributed by atoms with Crippen molar-refractivity contribution in [3.63, 3.8) is 0 Å². The molecule has 1 aliphatic rings. The van der Waals surface area contributed by atoms with Gasteiger partial charge in [-0.05, 0) is 6.42 Å². The average Bonchev–Trinajstić information content (AvgIpc) is 2.26. The number of hydrogen-bond acceptors (Lipinski definition) is 3. The van der Waals surface area contributed by atoms with Gasteiger partial charge in [-0.25, -0.2) is 4.79 Å². The Morgan fingerprint density at radius 1 is 1.37 bits per heavy atom. The van der Waals surface area contributed by atoms with Crippen molar-refractivity contribution in [2.45, 2.75) is 56.6 Å². The van der Waals surface area contributed by atoms with Crippen molar-refractivity contribution in [3.05, 3.63) is 0 Å². The fourth-order valence-electron chi connectivity index (χ4n) is 2.39. The van der Waals surface area contributed by atoms with E-state index >= 15 is 0 Å². The Bertz CT molecular complexity index is 315. The van der Waals surface area contributed by atoms with E-state index in [0.717, 1.165) is 19.5 Å². The molecule has 1 saturated heterocycles. The van der Waals surface area contributed by atoms with Crippen molar-refractivity contribution in [1.29, 1.82) is 0 Å². The van der Waals surface area contributed by atoms with Crippen LogP contribution in [0.2, 0.25) is 0 Å². The van der Waals surface area contributed by atoms with E-state index in [1.807, 2.05) is 18.7 Å². The first-order valence-electron chi connectivity index (χ1n) is 6.85. The van der Waals surface area contributed by atoms with Crippen LogP contribution in [0.5, 0.6) is 0 Å². The van der Waals surface area contributed by atoms with Gasteiger partial charge in [0.05, 0.1) is 6.42 Å². The molecule has 0 radical (unpaired) electrons. The second-order valence-corrected chi connectivity index (χ2v) is 7.08. The summed E-state index contributed by atoms with van der Waals surface area (Å²) in [6.45, 7) is 7.67. The number of carbonyl (C=O) groups is 2. The molecule has 2 amide bonds. The largest absolute Gasteiger partial charge is 0.481 e. The third-order valence-corrected chi connectivity index (χ3v) is 4.32. The summed E-state index contributed by atoms with van der Waals surface area (Å²) in [5.41, 5.74) is 0. The van der Waals surface area contributed by atoms with Crippen molar-refractivity contribution in [3.8, 4) is 0 Å². The van der Waals surface area contributed by atoms with Crippen LogP contribution in [0.25, 0.3) is 0 Å². The monoisotopic (exact) mass is 288 g/mol. The van der Waals surface area contributed by atoms with Crippen LogP contribution < -0.4 is 5.32 Å². The van der Waals surface area contributed by atoms with Crippen LogP contribution in [0.15, 0.2) is 0 Å². The number of carboxylic acids is 1. The number of urea groups is 1. The van der Waals surface area contributed by atoms with Crippen molar-refractivity contribution < 1.29 is 14.7 Å². The van der Waals surface area contributed by atoms with Crippen molar-refractivity contribution in [2.75, 3.05) is 13.1 Å². The predicted molar refractivity (Wildman–Crippen MR) is 77.6 cm³/mol. The van der Waals surface area contributed by atoms with Gasteiger partial charge < -0.3 is 15.3 Å². The predicted octanol–water partition coefficient (Wildman–Crippen LogP) is 2.17. The number of carbonyl (C=O) groups excluding carboxylic acids is 1. The minimum absolute atomic E-state index is 0.00667. The van der Waals surface area contributed by atoms with Crippen LogP contribution in [0, 0.1) is 0 Å². The highest BCUT2D eigenvalue weighted by atomic mass is 32.2. The Hall–Kier alpha value is -0.910.